The van der Waals surface area contributed by atoms with Crippen LogP contribution >= 0.6 is 11.3 Å². The van der Waals surface area contributed by atoms with E-state index in [0.717, 1.165) is 11.6 Å². The molecule has 0 radical (unpaired) electrons. The highest BCUT2D eigenvalue weighted by atomic mass is 32.1. The SMILES string of the molecule is Cc1csc2nc([C@H](C)NC(=O)C=CC(=O)c3ccccc3)oc(=O)c12. The van der Waals surface area contributed by atoms with Crippen LogP contribution in [0, 0.1) is 6.92 Å². The maximum Gasteiger partial charge on any atom is 0.348 e. The van der Waals surface area contributed by atoms with Crippen LogP contribution in [0.1, 0.15) is 34.8 Å². The van der Waals surface area contributed by atoms with Gasteiger partial charge in [0.2, 0.25) is 11.8 Å². The van der Waals surface area contributed by atoms with Crippen LogP contribution in [0.2, 0.25) is 0 Å². The summed E-state index contributed by atoms with van der Waals surface area (Å²) in [6.45, 7) is 3.47. The van der Waals surface area contributed by atoms with E-state index in [4.69, 9.17) is 4.42 Å². The van der Waals surface area contributed by atoms with Crippen molar-refractivity contribution in [3.8, 4) is 0 Å². The summed E-state index contributed by atoms with van der Waals surface area (Å²) in [7, 11) is 0. The molecule has 6 nitrogen and oxygen atoms in total. The van der Waals surface area contributed by atoms with Crippen LogP contribution in [0.15, 0.2) is 57.1 Å². The van der Waals surface area contributed by atoms with Gasteiger partial charge < -0.3 is 9.73 Å². The first-order valence-corrected chi connectivity index (χ1v) is 8.80. The molecule has 3 aromatic rings. The fraction of sp³-hybridized carbons (Fsp3) is 0.158. The van der Waals surface area contributed by atoms with Crippen molar-refractivity contribution in [3.63, 3.8) is 0 Å². The average molecular weight is 368 g/mol. The zero-order chi connectivity index (χ0) is 18.7. The number of carbonyl (C=O) groups excluding carboxylic acids is 2. The van der Waals surface area contributed by atoms with E-state index in [2.05, 4.69) is 10.3 Å². The van der Waals surface area contributed by atoms with Crippen LogP contribution in [-0.2, 0) is 4.79 Å². The third-order valence-electron chi connectivity index (χ3n) is 3.74. The molecule has 0 aliphatic heterocycles. The third kappa shape index (κ3) is 3.78. The summed E-state index contributed by atoms with van der Waals surface area (Å²) >= 11 is 1.35. The van der Waals surface area contributed by atoms with E-state index in [1.165, 1.54) is 17.4 Å². The zero-order valence-corrected chi connectivity index (χ0v) is 15.0. The Hall–Kier alpha value is -3.06. The van der Waals surface area contributed by atoms with Crippen molar-refractivity contribution in [3.05, 3.63) is 75.3 Å². The molecular formula is C19H16N2O4S. The van der Waals surface area contributed by atoms with Gasteiger partial charge in [0.1, 0.15) is 10.9 Å². The zero-order valence-electron chi connectivity index (χ0n) is 14.2. The summed E-state index contributed by atoms with van der Waals surface area (Å²) in [6, 6.07) is 8.03. The minimum atomic E-state index is -0.613. The van der Waals surface area contributed by atoms with Crippen LogP contribution in [0.25, 0.3) is 10.2 Å². The van der Waals surface area contributed by atoms with E-state index >= 15 is 0 Å². The molecule has 0 bridgehead atoms. The van der Waals surface area contributed by atoms with Gasteiger partial charge in [0, 0.05) is 11.6 Å². The van der Waals surface area contributed by atoms with Gasteiger partial charge >= 0.3 is 5.63 Å². The number of carbonyl (C=O) groups is 2. The van der Waals surface area contributed by atoms with Crippen molar-refractivity contribution in [1.82, 2.24) is 10.3 Å². The van der Waals surface area contributed by atoms with Gasteiger partial charge in [-0.05, 0) is 30.9 Å². The predicted octanol–water partition coefficient (Wildman–Crippen LogP) is 3.17. The second kappa shape index (κ2) is 7.45. The number of thiophene rings is 1. The van der Waals surface area contributed by atoms with E-state index in [9.17, 15) is 14.4 Å². The molecule has 2 heterocycles. The van der Waals surface area contributed by atoms with Crippen molar-refractivity contribution in [2.75, 3.05) is 0 Å². The number of benzene rings is 1. The highest BCUT2D eigenvalue weighted by Gasteiger charge is 2.16. The molecule has 3 rings (SSSR count). The summed E-state index contributed by atoms with van der Waals surface area (Å²) in [5.41, 5.74) is 0.840. The quantitative estimate of drug-likeness (QED) is 0.552. The van der Waals surface area contributed by atoms with E-state index in [1.807, 2.05) is 18.4 Å². The lowest BCUT2D eigenvalue weighted by Gasteiger charge is -2.10. The van der Waals surface area contributed by atoms with Crippen LogP contribution in [0.3, 0.4) is 0 Å². The standard InChI is InChI=1S/C19H16N2O4S/c1-11-10-26-18-16(11)19(24)25-17(21-18)12(2)20-15(23)9-8-14(22)13-6-4-3-5-7-13/h3-10,12H,1-2H3,(H,20,23)/t12-/m0/s1. The highest BCUT2D eigenvalue weighted by molar-refractivity contribution is 7.16. The number of hydrogen-bond acceptors (Lipinski definition) is 6. The molecule has 7 heteroatoms. The number of aromatic nitrogens is 1. The normalized spacial score (nSPS) is 12.4. The van der Waals surface area contributed by atoms with Crippen LogP contribution < -0.4 is 10.9 Å². The second-order valence-electron chi connectivity index (χ2n) is 5.73. The van der Waals surface area contributed by atoms with Crippen molar-refractivity contribution in [1.29, 1.82) is 0 Å². The average Bonchev–Trinajstić information content (AvgIpc) is 3.02. The summed E-state index contributed by atoms with van der Waals surface area (Å²) < 4.78 is 5.22. The van der Waals surface area contributed by atoms with E-state index in [-0.39, 0.29) is 11.7 Å². The van der Waals surface area contributed by atoms with Crippen molar-refractivity contribution >= 4 is 33.2 Å². The molecular weight excluding hydrogens is 352 g/mol. The Kier molecular flexibility index (Phi) is 5.09. The Labute approximate surface area is 153 Å². The lowest BCUT2D eigenvalue weighted by atomic mass is 10.1. The molecule has 0 unspecified atom stereocenters. The van der Waals surface area contributed by atoms with Crippen molar-refractivity contribution in [2.45, 2.75) is 19.9 Å². The molecule has 0 spiro atoms. The minimum Gasteiger partial charge on any atom is -0.406 e. The number of nitrogens with zero attached hydrogens (tertiary/aromatic N) is 1. The van der Waals surface area contributed by atoms with Crippen molar-refractivity contribution in [2.24, 2.45) is 0 Å². The Morgan fingerprint density at radius 3 is 2.69 bits per heavy atom. The molecule has 1 N–H and O–H groups in total. The Balaban J connectivity index is 1.70. The predicted molar refractivity (Wildman–Crippen MR) is 99.4 cm³/mol. The largest absolute Gasteiger partial charge is 0.406 e. The molecule has 26 heavy (non-hydrogen) atoms. The number of hydrogen-bond donors (Lipinski definition) is 1. The van der Waals surface area contributed by atoms with Crippen LogP contribution in [0.5, 0.6) is 0 Å². The third-order valence-corrected chi connectivity index (χ3v) is 4.73. The molecule has 0 saturated carbocycles. The molecule has 1 atom stereocenters. The Morgan fingerprint density at radius 1 is 1.23 bits per heavy atom. The van der Waals surface area contributed by atoms with Gasteiger partial charge in [0.15, 0.2) is 5.78 Å². The topological polar surface area (TPSA) is 89.3 Å². The van der Waals surface area contributed by atoms with Crippen molar-refractivity contribution < 1.29 is 14.0 Å². The van der Waals surface area contributed by atoms with Gasteiger partial charge in [-0.3, -0.25) is 9.59 Å². The molecule has 2 aromatic heterocycles. The monoisotopic (exact) mass is 368 g/mol. The maximum atomic E-state index is 12.1. The first-order valence-electron chi connectivity index (χ1n) is 7.92. The van der Waals surface area contributed by atoms with E-state index < -0.39 is 17.6 Å². The Morgan fingerprint density at radius 2 is 1.96 bits per heavy atom. The Bertz CT molecular complexity index is 1050. The molecule has 0 aliphatic rings. The number of rotatable bonds is 5. The number of fused-ring (bicyclic) bond motifs is 1. The van der Waals surface area contributed by atoms with Gasteiger partial charge in [-0.1, -0.05) is 30.3 Å². The lowest BCUT2D eigenvalue weighted by Crippen LogP contribution is -2.26. The van der Waals surface area contributed by atoms with E-state index in [1.54, 1.807) is 31.2 Å². The molecule has 1 aromatic carbocycles. The number of aryl methyl sites for hydroxylation is 1. The van der Waals surface area contributed by atoms with Gasteiger partial charge in [0.25, 0.3) is 0 Å². The first kappa shape index (κ1) is 17.8. The lowest BCUT2D eigenvalue weighted by molar-refractivity contribution is -0.117. The summed E-state index contributed by atoms with van der Waals surface area (Å²) in [5, 5.41) is 4.93. The van der Waals surface area contributed by atoms with Crippen LogP contribution in [0.4, 0.5) is 0 Å². The number of ketones is 1. The van der Waals surface area contributed by atoms with Gasteiger partial charge in [-0.2, -0.15) is 0 Å². The fourth-order valence-corrected chi connectivity index (χ4v) is 3.30. The fourth-order valence-electron chi connectivity index (χ4n) is 2.39. The van der Waals surface area contributed by atoms with Crippen LogP contribution in [-0.4, -0.2) is 16.7 Å². The smallest absolute Gasteiger partial charge is 0.348 e. The van der Waals surface area contributed by atoms with Gasteiger partial charge in [0.05, 0.1) is 5.39 Å². The maximum absolute atomic E-state index is 12.1. The number of allylic oxidation sites excluding steroid dienone is 1. The molecule has 0 aliphatic carbocycles. The molecule has 1 amide bonds. The molecule has 0 fully saturated rings. The van der Waals surface area contributed by atoms with Gasteiger partial charge in [-0.25, -0.2) is 9.78 Å². The van der Waals surface area contributed by atoms with Gasteiger partial charge in [-0.15, -0.1) is 11.3 Å². The number of amides is 1. The first-order chi connectivity index (χ1) is 12.5. The highest BCUT2D eigenvalue weighted by Crippen LogP contribution is 2.22. The second-order valence-corrected chi connectivity index (χ2v) is 6.59. The molecule has 0 saturated heterocycles. The minimum absolute atomic E-state index is 0.125. The summed E-state index contributed by atoms with van der Waals surface area (Å²) in [4.78, 5) is 40.9. The molecule has 132 valence electrons. The number of nitrogens with one attached hydrogen (secondary N) is 1. The summed E-state index contributed by atoms with van der Waals surface area (Å²) in [6.07, 6.45) is 2.35. The van der Waals surface area contributed by atoms with E-state index in [0.29, 0.717) is 15.8 Å². The summed E-state index contributed by atoms with van der Waals surface area (Å²) in [5.74, 6) is -0.622.